The Morgan fingerprint density at radius 2 is 1.74 bits per heavy atom. The Kier molecular flexibility index (Phi) is 6.13. The average Bonchev–Trinajstić information content (AvgIpc) is 3.27. The van der Waals surface area contributed by atoms with Crippen molar-refractivity contribution in [3.05, 3.63) is 59.4 Å². The summed E-state index contributed by atoms with van der Waals surface area (Å²) >= 11 is 0. The molecule has 1 aromatic heterocycles. The largest absolute Gasteiger partial charge is 0.497 e. The molecule has 0 bridgehead atoms. The summed E-state index contributed by atoms with van der Waals surface area (Å²) in [6, 6.07) is 13.4. The number of methoxy groups -OCH3 is 2. The maximum Gasteiger partial charge on any atom is 0.257 e. The topological polar surface area (TPSA) is 85.6 Å². The van der Waals surface area contributed by atoms with E-state index in [1.165, 1.54) is 5.56 Å². The van der Waals surface area contributed by atoms with Gasteiger partial charge in [-0.3, -0.25) is 9.69 Å². The van der Waals surface area contributed by atoms with Crippen molar-refractivity contribution in [3.8, 4) is 17.2 Å². The summed E-state index contributed by atoms with van der Waals surface area (Å²) in [6.45, 7) is 5.40. The molecule has 0 N–H and O–H groups in total. The summed E-state index contributed by atoms with van der Waals surface area (Å²) in [4.78, 5) is 17.1. The Morgan fingerprint density at radius 3 is 2.42 bits per heavy atom. The molecular weight excluding hydrogens is 396 g/mol. The highest BCUT2D eigenvalue weighted by molar-refractivity contribution is 5.97. The van der Waals surface area contributed by atoms with Gasteiger partial charge in [-0.25, -0.2) is 0 Å². The van der Waals surface area contributed by atoms with Crippen LogP contribution in [0.1, 0.15) is 21.7 Å². The zero-order chi connectivity index (χ0) is 21.8. The molecule has 0 spiro atoms. The highest BCUT2D eigenvalue weighted by Crippen LogP contribution is 2.26. The molecule has 1 aliphatic heterocycles. The third kappa shape index (κ3) is 4.51. The van der Waals surface area contributed by atoms with Crippen LogP contribution in [0.2, 0.25) is 0 Å². The second-order valence-corrected chi connectivity index (χ2v) is 7.48. The summed E-state index contributed by atoms with van der Waals surface area (Å²) in [5.41, 5.74) is 2.67. The lowest BCUT2D eigenvalue weighted by atomic mass is 10.1. The molecule has 0 aliphatic carbocycles. The van der Waals surface area contributed by atoms with Crippen molar-refractivity contribution in [2.75, 3.05) is 40.4 Å². The molecule has 9 heteroatoms. The highest BCUT2D eigenvalue weighted by atomic mass is 16.5. The van der Waals surface area contributed by atoms with Gasteiger partial charge in [-0.1, -0.05) is 17.7 Å². The van der Waals surface area contributed by atoms with E-state index in [4.69, 9.17) is 9.47 Å². The molecular formula is C22H26N6O3. The number of tetrazole rings is 1. The van der Waals surface area contributed by atoms with E-state index in [0.29, 0.717) is 36.7 Å². The first-order valence-electron chi connectivity index (χ1n) is 10.2. The van der Waals surface area contributed by atoms with Gasteiger partial charge in [0.15, 0.2) is 5.82 Å². The van der Waals surface area contributed by atoms with E-state index in [-0.39, 0.29) is 5.91 Å². The average molecular weight is 422 g/mol. The van der Waals surface area contributed by atoms with E-state index >= 15 is 0 Å². The van der Waals surface area contributed by atoms with Crippen molar-refractivity contribution in [3.63, 3.8) is 0 Å². The van der Waals surface area contributed by atoms with Gasteiger partial charge in [0, 0.05) is 32.2 Å². The van der Waals surface area contributed by atoms with Crippen LogP contribution in [0.15, 0.2) is 42.5 Å². The van der Waals surface area contributed by atoms with Gasteiger partial charge in [-0.2, -0.15) is 4.68 Å². The van der Waals surface area contributed by atoms with Crippen molar-refractivity contribution in [2.24, 2.45) is 0 Å². The molecule has 0 saturated carbocycles. The van der Waals surface area contributed by atoms with E-state index in [9.17, 15) is 4.79 Å². The quantitative estimate of drug-likeness (QED) is 0.600. The van der Waals surface area contributed by atoms with Gasteiger partial charge in [-0.05, 0) is 41.6 Å². The molecule has 1 saturated heterocycles. The van der Waals surface area contributed by atoms with E-state index < -0.39 is 0 Å². The van der Waals surface area contributed by atoms with Crippen LogP contribution in [0.3, 0.4) is 0 Å². The normalized spacial score (nSPS) is 14.5. The van der Waals surface area contributed by atoms with Gasteiger partial charge in [-0.15, -0.1) is 5.10 Å². The predicted octanol–water partition coefficient (Wildman–Crippen LogP) is 1.95. The number of aryl methyl sites for hydroxylation is 1. The first kappa shape index (κ1) is 20.8. The van der Waals surface area contributed by atoms with Crippen LogP contribution in [-0.4, -0.2) is 76.3 Å². The van der Waals surface area contributed by atoms with Crippen LogP contribution in [0, 0.1) is 6.92 Å². The summed E-state index contributed by atoms with van der Waals surface area (Å²) < 4.78 is 12.4. The van der Waals surface area contributed by atoms with Crippen LogP contribution in [0.25, 0.3) is 5.69 Å². The van der Waals surface area contributed by atoms with E-state index in [1.807, 2.05) is 36.1 Å². The molecule has 0 unspecified atom stereocenters. The van der Waals surface area contributed by atoms with Crippen molar-refractivity contribution < 1.29 is 14.3 Å². The second kappa shape index (κ2) is 9.13. The standard InChI is InChI=1S/C22H26N6O3/c1-16-4-6-17(7-5-16)28-21(23-24-25-28)15-26-10-12-27(13-11-26)22(29)19-9-8-18(30-2)14-20(19)31-3/h4-9,14H,10-13,15H2,1-3H3. The number of hydrogen-bond acceptors (Lipinski definition) is 7. The molecule has 2 aromatic carbocycles. The number of nitrogens with zero attached hydrogens (tertiary/aromatic N) is 6. The molecule has 0 radical (unpaired) electrons. The molecule has 1 fully saturated rings. The van der Waals surface area contributed by atoms with Gasteiger partial charge in [0.2, 0.25) is 0 Å². The van der Waals surface area contributed by atoms with Crippen molar-refractivity contribution >= 4 is 5.91 Å². The third-order valence-electron chi connectivity index (χ3n) is 5.48. The molecule has 4 rings (SSSR count). The molecule has 9 nitrogen and oxygen atoms in total. The maximum absolute atomic E-state index is 13.0. The highest BCUT2D eigenvalue weighted by Gasteiger charge is 2.25. The lowest BCUT2D eigenvalue weighted by Gasteiger charge is -2.34. The Bertz CT molecular complexity index is 1040. The molecule has 162 valence electrons. The Hall–Kier alpha value is -3.46. The minimum Gasteiger partial charge on any atom is -0.497 e. The number of hydrogen-bond donors (Lipinski definition) is 0. The summed E-state index contributed by atoms with van der Waals surface area (Å²) in [6.07, 6.45) is 0. The fourth-order valence-electron chi connectivity index (χ4n) is 3.65. The van der Waals surface area contributed by atoms with Crippen molar-refractivity contribution in [2.45, 2.75) is 13.5 Å². The van der Waals surface area contributed by atoms with Crippen molar-refractivity contribution in [1.82, 2.24) is 30.0 Å². The summed E-state index contributed by atoms with van der Waals surface area (Å²) in [7, 11) is 3.15. The first-order valence-corrected chi connectivity index (χ1v) is 10.2. The van der Waals surface area contributed by atoms with Crippen LogP contribution < -0.4 is 9.47 Å². The van der Waals surface area contributed by atoms with Gasteiger partial charge in [0.1, 0.15) is 11.5 Å². The van der Waals surface area contributed by atoms with E-state index in [1.54, 1.807) is 37.1 Å². The van der Waals surface area contributed by atoms with Crippen LogP contribution in [0.5, 0.6) is 11.5 Å². The summed E-state index contributed by atoms with van der Waals surface area (Å²) in [5, 5.41) is 12.2. The molecule has 3 aromatic rings. The van der Waals surface area contributed by atoms with Gasteiger partial charge < -0.3 is 14.4 Å². The zero-order valence-electron chi connectivity index (χ0n) is 18.0. The SMILES string of the molecule is COc1ccc(C(=O)N2CCN(Cc3nnnn3-c3ccc(C)cc3)CC2)c(OC)c1. The fourth-order valence-corrected chi connectivity index (χ4v) is 3.65. The molecule has 2 heterocycles. The number of amides is 1. The number of piperazine rings is 1. The van der Waals surface area contributed by atoms with Crippen molar-refractivity contribution in [1.29, 1.82) is 0 Å². The number of carbonyl (C=O) groups excluding carboxylic acids is 1. The smallest absolute Gasteiger partial charge is 0.257 e. The van der Waals surface area contributed by atoms with E-state index in [0.717, 1.165) is 24.6 Å². The number of aromatic nitrogens is 4. The lowest BCUT2D eigenvalue weighted by Crippen LogP contribution is -2.48. The Morgan fingerprint density at radius 1 is 1.00 bits per heavy atom. The lowest BCUT2D eigenvalue weighted by molar-refractivity contribution is 0.0621. The molecule has 1 aliphatic rings. The van der Waals surface area contributed by atoms with Crippen LogP contribution in [-0.2, 0) is 6.54 Å². The minimum atomic E-state index is -0.0383. The van der Waals surface area contributed by atoms with Gasteiger partial charge in [0.05, 0.1) is 32.0 Å². The van der Waals surface area contributed by atoms with Crippen LogP contribution >= 0.6 is 0 Å². The predicted molar refractivity (Wildman–Crippen MR) is 115 cm³/mol. The molecule has 0 atom stereocenters. The number of benzene rings is 2. The number of carbonyl (C=O) groups is 1. The monoisotopic (exact) mass is 422 g/mol. The summed E-state index contributed by atoms with van der Waals surface area (Å²) in [5.74, 6) is 1.91. The van der Waals surface area contributed by atoms with E-state index in [2.05, 4.69) is 20.4 Å². The second-order valence-electron chi connectivity index (χ2n) is 7.48. The Balaban J connectivity index is 1.39. The molecule has 31 heavy (non-hydrogen) atoms. The maximum atomic E-state index is 13.0. The number of ether oxygens (including phenoxy) is 2. The van der Waals surface area contributed by atoms with Gasteiger partial charge >= 0.3 is 0 Å². The Labute approximate surface area is 181 Å². The van der Waals surface area contributed by atoms with Crippen LogP contribution in [0.4, 0.5) is 0 Å². The minimum absolute atomic E-state index is 0.0383. The number of rotatable bonds is 6. The first-order chi connectivity index (χ1) is 15.1. The fraction of sp³-hybridized carbons (Fsp3) is 0.364. The molecule has 1 amide bonds. The zero-order valence-corrected chi connectivity index (χ0v) is 18.0. The third-order valence-corrected chi connectivity index (χ3v) is 5.48. The van der Waals surface area contributed by atoms with Gasteiger partial charge in [0.25, 0.3) is 5.91 Å².